The number of rotatable bonds is 30. The van der Waals surface area contributed by atoms with E-state index in [2.05, 4.69) is 42.0 Å². The van der Waals surface area contributed by atoms with Gasteiger partial charge in [0.2, 0.25) is 23.6 Å². The zero-order chi connectivity index (χ0) is 62.8. The van der Waals surface area contributed by atoms with Gasteiger partial charge in [0, 0.05) is 38.1 Å². The monoisotopic (exact) mass is 1210 g/mol. The van der Waals surface area contributed by atoms with Gasteiger partial charge in [-0.15, -0.1) is 0 Å². The molecular weight excluding hydrogens is 1120 g/mol. The average molecular weight is 1210 g/mol. The number of carboxylic acids is 1. The van der Waals surface area contributed by atoms with Crippen LogP contribution in [0.15, 0.2) is 91.0 Å². The predicted octanol–water partition coefficient (Wildman–Crippen LogP) is 5.88. The fourth-order valence-electron chi connectivity index (χ4n) is 14.5. The maximum atomic E-state index is 14.8. The Bertz CT molecular complexity index is 2830. The lowest BCUT2D eigenvalue weighted by atomic mass is 9.43. The van der Waals surface area contributed by atoms with Gasteiger partial charge in [0.25, 0.3) is 0 Å². The first-order valence-corrected chi connectivity index (χ1v) is 30.8. The van der Waals surface area contributed by atoms with Crippen LogP contribution in [-0.2, 0) is 81.9 Å². The summed E-state index contributed by atoms with van der Waals surface area (Å²) >= 11 is 0. The molecule has 3 aromatic carbocycles. The van der Waals surface area contributed by atoms with E-state index < -0.39 is 115 Å². The molecule has 9 N–H and O–H groups in total. The van der Waals surface area contributed by atoms with Crippen LogP contribution >= 0.6 is 0 Å². The van der Waals surface area contributed by atoms with Gasteiger partial charge in [-0.25, -0.2) is 0 Å². The fraction of sp³-hybridized carbons (Fsp3) is 0.591. The Morgan fingerprint density at radius 2 is 1.02 bits per heavy atom. The third-order valence-corrected chi connectivity index (χ3v) is 19.5. The number of carbonyl (C=O) groups is 9. The van der Waals surface area contributed by atoms with Crippen LogP contribution in [-0.4, -0.2) is 118 Å². The molecule has 4 saturated carbocycles. The number of carboxylic acid groups (broad SMARTS) is 1. The fourth-order valence-corrected chi connectivity index (χ4v) is 14.5. The number of hydrogen-bond donors (Lipinski definition) is 8. The van der Waals surface area contributed by atoms with E-state index >= 15 is 0 Å². The van der Waals surface area contributed by atoms with Crippen molar-refractivity contribution in [3.8, 4) is 0 Å². The molecule has 3 aromatic rings. The number of hydrogen-bond acceptors (Lipinski definition) is 16. The molecule has 474 valence electrons. The van der Waals surface area contributed by atoms with Gasteiger partial charge in [-0.1, -0.05) is 112 Å². The molecule has 0 saturated heterocycles. The zero-order valence-corrected chi connectivity index (χ0v) is 50.5. The Kier molecular flexibility index (Phi) is 24.4. The van der Waals surface area contributed by atoms with Crippen molar-refractivity contribution >= 4 is 53.5 Å². The number of fused-ring (bicyclic) bond motifs is 5. The standard InChI is InChI=1S/C66H89N5O16/c1-40(20-28-56(76)84-4)46-21-22-47-60-48(36-54(73)66(46,47)3)65(2)33-32-45(34-44(65)35-53(60)72)68-62(81)50(24-29-57(77)85-37-41-14-8-5-9-15-41)70-64(83)52(26-31-59(79)87-39-43-18-12-7-13-19-43)71-63(82)51(69-61(80)49(67)23-27-55(74)75)25-30-58(78)86-38-42-16-10-6-11-17-42/h5-19,40,44-54,60,72-73H,20-39,67H2,1-4H3,(H,68,81)(H,69,80)(H,70,83)(H,71,82)(H,74,75)/t40-,44+,45+,46-,47+,48+,49+,50+,51+,52+,53-,54+,60+,65+,66-/m1/s1. The molecule has 15 atom stereocenters. The summed E-state index contributed by atoms with van der Waals surface area (Å²) < 4.78 is 21.4. The SMILES string of the molecule is COC(=O)CC[C@@H](C)[C@H]1CC[C@H]2[C@@H]3[C@H](O)C[C@@H]4C[C@@H](NC(=O)[C@H](CCC(=O)OCc5ccccc5)NC(=O)[C@H](CCC(=O)OCc5ccccc5)NC(=O)[C@H](CCC(=O)OCc5ccccc5)NC(=O)[C@@H](N)CCC(=O)O)CC[C@]4(C)[C@H]3C[C@H](O)[C@]12C. The van der Waals surface area contributed by atoms with Crippen molar-refractivity contribution in [1.82, 2.24) is 21.3 Å². The van der Waals surface area contributed by atoms with Gasteiger partial charge in [0.15, 0.2) is 0 Å². The molecule has 0 aliphatic heterocycles. The van der Waals surface area contributed by atoms with Crippen molar-refractivity contribution in [3.05, 3.63) is 108 Å². The summed E-state index contributed by atoms with van der Waals surface area (Å²) in [5, 5.41) is 44.7. The van der Waals surface area contributed by atoms with E-state index in [4.69, 9.17) is 24.7 Å². The van der Waals surface area contributed by atoms with Crippen LogP contribution in [0.2, 0.25) is 0 Å². The molecule has 0 aromatic heterocycles. The van der Waals surface area contributed by atoms with Gasteiger partial charge in [-0.3, -0.25) is 43.2 Å². The van der Waals surface area contributed by atoms with Crippen LogP contribution in [0.4, 0.5) is 0 Å². The number of nitrogens with two attached hydrogens (primary N) is 1. The minimum atomic E-state index is -1.59. The Morgan fingerprint density at radius 3 is 1.49 bits per heavy atom. The Labute approximate surface area is 509 Å². The number of esters is 4. The average Bonchev–Trinajstić information content (AvgIpc) is 1.70. The number of aliphatic hydroxyl groups excluding tert-OH is 2. The molecule has 4 fully saturated rings. The van der Waals surface area contributed by atoms with Gasteiger partial charge >= 0.3 is 29.8 Å². The molecule has 21 heteroatoms. The number of nitrogens with one attached hydrogen (secondary N) is 4. The molecule has 0 radical (unpaired) electrons. The van der Waals surface area contributed by atoms with Gasteiger partial charge < -0.3 is 61.3 Å². The van der Waals surface area contributed by atoms with Crippen LogP contribution in [0.1, 0.15) is 147 Å². The van der Waals surface area contributed by atoms with E-state index in [0.717, 1.165) is 18.4 Å². The number of benzene rings is 3. The van der Waals surface area contributed by atoms with Crippen molar-refractivity contribution < 1.29 is 77.4 Å². The zero-order valence-electron chi connectivity index (χ0n) is 50.5. The lowest BCUT2D eigenvalue weighted by Crippen LogP contribution is -2.63. The van der Waals surface area contributed by atoms with Gasteiger partial charge in [0.1, 0.15) is 37.9 Å². The van der Waals surface area contributed by atoms with Gasteiger partial charge in [-0.2, -0.15) is 0 Å². The number of amides is 4. The maximum absolute atomic E-state index is 14.8. The summed E-state index contributed by atoms with van der Waals surface area (Å²) in [5.74, 6) is -6.73. The van der Waals surface area contributed by atoms with Crippen molar-refractivity contribution in [2.24, 2.45) is 52.1 Å². The molecule has 7 rings (SSSR count). The maximum Gasteiger partial charge on any atom is 0.306 e. The second kappa shape index (κ2) is 31.6. The van der Waals surface area contributed by atoms with E-state index in [0.29, 0.717) is 56.1 Å². The Morgan fingerprint density at radius 1 is 0.563 bits per heavy atom. The molecule has 4 aliphatic rings. The van der Waals surface area contributed by atoms with Crippen LogP contribution < -0.4 is 27.0 Å². The smallest absolute Gasteiger partial charge is 0.306 e. The van der Waals surface area contributed by atoms with E-state index in [1.807, 2.05) is 6.07 Å². The first-order chi connectivity index (χ1) is 41.6. The summed E-state index contributed by atoms with van der Waals surface area (Å²) in [6.07, 6.45) is 1.26. The minimum absolute atomic E-state index is 0.00634. The molecule has 4 aliphatic carbocycles. The molecule has 0 spiro atoms. The van der Waals surface area contributed by atoms with Gasteiger partial charge in [-0.05, 0) is 140 Å². The molecular formula is C66H89N5O16. The summed E-state index contributed by atoms with van der Waals surface area (Å²) in [7, 11) is 1.38. The van der Waals surface area contributed by atoms with E-state index in [1.165, 1.54) is 7.11 Å². The van der Waals surface area contributed by atoms with Crippen LogP contribution in [0, 0.1) is 46.3 Å². The largest absolute Gasteiger partial charge is 0.481 e. The van der Waals surface area contributed by atoms with Crippen molar-refractivity contribution in [3.63, 3.8) is 0 Å². The minimum Gasteiger partial charge on any atom is -0.481 e. The molecule has 4 amide bonds. The predicted molar refractivity (Wildman–Crippen MR) is 317 cm³/mol. The topological polar surface area (TPSA) is 325 Å². The molecule has 0 bridgehead atoms. The quantitative estimate of drug-likeness (QED) is 0.0285. The number of carbonyl (C=O) groups excluding carboxylic acids is 8. The third kappa shape index (κ3) is 18.2. The number of aliphatic hydroxyl groups is 2. The first-order valence-electron chi connectivity index (χ1n) is 30.8. The molecule has 21 nitrogen and oxygen atoms in total. The third-order valence-electron chi connectivity index (χ3n) is 19.5. The van der Waals surface area contributed by atoms with Gasteiger partial charge in [0.05, 0.1) is 25.4 Å². The summed E-state index contributed by atoms with van der Waals surface area (Å²) in [4.78, 5) is 121. The first kappa shape index (κ1) is 67.3. The van der Waals surface area contributed by atoms with Crippen LogP contribution in [0.25, 0.3) is 0 Å². The molecule has 0 unspecified atom stereocenters. The summed E-state index contributed by atoms with van der Waals surface area (Å²) in [6.45, 7) is 6.35. The number of aliphatic carboxylic acids is 1. The normalized spacial score (nSPS) is 26.2. The highest BCUT2D eigenvalue weighted by atomic mass is 16.5. The highest BCUT2D eigenvalue weighted by Gasteiger charge is 2.66. The van der Waals surface area contributed by atoms with Crippen LogP contribution in [0.5, 0.6) is 0 Å². The van der Waals surface area contributed by atoms with Crippen molar-refractivity contribution in [2.45, 2.75) is 192 Å². The molecule has 87 heavy (non-hydrogen) atoms. The van der Waals surface area contributed by atoms with Crippen LogP contribution in [0.3, 0.4) is 0 Å². The second-order valence-electron chi connectivity index (χ2n) is 24.9. The highest BCUT2D eigenvalue weighted by molar-refractivity contribution is 5.95. The number of methoxy groups -OCH3 is 1. The Balaban J connectivity index is 1.08. The van der Waals surface area contributed by atoms with E-state index in [-0.39, 0.29) is 98.8 Å². The van der Waals surface area contributed by atoms with Crippen molar-refractivity contribution in [2.75, 3.05) is 7.11 Å². The summed E-state index contributed by atoms with van der Waals surface area (Å²) in [6, 6.07) is 20.3. The molecule has 0 heterocycles. The summed E-state index contributed by atoms with van der Waals surface area (Å²) in [5.41, 5.74) is 7.43. The van der Waals surface area contributed by atoms with Crippen molar-refractivity contribution in [1.29, 1.82) is 0 Å². The highest BCUT2D eigenvalue weighted by Crippen LogP contribution is 2.68. The van der Waals surface area contributed by atoms with E-state index in [9.17, 15) is 58.5 Å². The lowest BCUT2D eigenvalue weighted by molar-refractivity contribution is -0.202. The van der Waals surface area contributed by atoms with E-state index in [1.54, 1.807) is 84.9 Å². The number of ether oxygens (including phenoxy) is 4. The lowest BCUT2D eigenvalue weighted by Gasteiger charge is -2.63. The second-order valence-corrected chi connectivity index (χ2v) is 24.9. The Hall–Kier alpha value is -7.23.